The van der Waals surface area contributed by atoms with E-state index in [9.17, 15) is 4.79 Å². The number of halogens is 1. The number of anilines is 1. The van der Waals surface area contributed by atoms with Crippen LogP contribution in [0.25, 0.3) is 6.08 Å². The van der Waals surface area contributed by atoms with Crippen LogP contribution in [0.1, 0.15) is 5.56 Å². The number of hydrogen-bond donors (Lipinski definition) is 1. The molecule has 0 unspecified atom stereocenters. The molecule has 1 heterocycles. The van der Waals surface area contributed by atoms with E-state index in [-0.39, 0.29) is 5.91 Å². The Morgan fingerprint density at radius 3 is 2.65 bits per heavy atom. The molecule has 1 aromatic carbocycles. The molecular weight excluding hydrogens is 294 g/mol. The predicted molar refractivity (Wildman–Crippen MR) is 82.9 cm³/mol. The van der Waals surface area contributed by atoms with E-state index in [1.54, 1.807) is 42.7 Å². The number of hydrogen-bond acceptors (Lipinski definition) is 4. The number of benzene rings is 1. The largest absolute Gasteiger partial charge is 0.321 e. The first-order valence-corrected chi connectivity index (χ1v) is 7.39. The normalized spacial score (nSPS) is 10.7. The number of carbonyl (C=O) groups excluding carboxylic acids is 1. The van der Waals surface area contributed by atoms with Gasteiger partial charge in [-0.25, -0.2) is 9.97 Å². The lowest BCUT2D eigenvalue weighted by Crippen LogP contribution is -2.07. The molecule has 6 heteroatoms. The minimum absolute atomic E-state index is 0.257. The maximum atomic E-state index is 11.8. The van der Waals surface area contributed by atoms with E-state index in [0.29, 0.717) is 15.9 Å². The fourth-order valence-electron chi connectivity index (χ4n) is 1.43. The molecule has 0 radical (unpaired) electrons. The second-order valence-electron chi connectivity index (χ2n) is 3.81. The summed E-state index contributed by atoms with van der Waals surface area (Å²) in [4.78, 5) is 20.0. The van der Waals surface area contributed by atoms with Crippen molar-refractivity contribution in [1.82, 2.24) is 9.97 Å². The quantitative estimate of drug-likeness (QED) is 0.533. The summed E-state index contributed by atoms with van der Waals surface area (Å²) >= 11 is 7.42. The number of para-hydroxylation sites is 1. The van der Waals surface area contributed by atoms with E-state index in [0.717, 1.165) is 5.56 Å². The van der Waals surface area contributed by atoms with Crippen LogP contribution in [0.15, 0.2) is 47.9 Å². The van der Waals surface area contributed by atoms with Gasteiger partial charge in [-0.2, -0.15) is 0 Å². The van der Waals surface area contributed by atoms with Gasteiger partial charge >= 0.3 is 0 Å². The van der Waals surface area contributed by atoms with Crippen LogP contribution in [-0.4, -0.2) is 22.1 Å². The average molecular weight is 306 g/mol. The second-order valence-corrected chi connectivity index (χ2v) is 4.99. The highest BCUT2D eigenvalue weighted by Gasteiger charge is 2.01. The molecule has 0 aliphatic carbocycles. The summed E-state index contributed by atoms with van der Waals surface area (Å²) in [6.45, 7) is 0. The standard InChI is InChI=1S/C14H12ClN3OS/c1-20-14-16-8-10(9-17-14)6-7-13(19)18-12-5-3-2-4-11(12)15/h2-9H,1H3,(H,18,19). The number of rotatable bonds is 4. The van der Waals surface area contributed by atoms with Crippen LogP contribution in [0.4, 0.5) is 5.69 Å². The van der Waals surface area contributed by atoms with Gasteiger partial charge < -0.3 is 5.32 Å². The van der Waals surface area contributed by atoms with Crippen molar-refractivity contribution in [3.05, 3.63) is 53.3 Å². The van der Waals surface area contributed by atoms with Gasteiger partial charge in [0, 0.05) is 24.0 Å². The summed E-state index contributed by atoms with van der Waals surface area (Å²) in [7, 11) is 0. The first-order chi connectivity index (χ1) is 9.69. The SMILES string of the molecule is CSc1ncc(C=CC(=O)Nc2ccccc2Cl)cn1. The van der Waals surface area contributed by atoms with Crippen molar-refractivity contribution >= 4 is 41.0 Å². The van der Waals surface area contributed by atoms with Gasteiger partial charge in [-0.3, -0.25) is 4.79 Å². The molecule has 0 aliphatic heterocycles. The number of nitrogens with one attached hydrogen (secondary N) is 1. The van der Waals surface area contributed by atoms with Crippen molar-refractivity contribution in [2.75, 3.05) is 11.6 Å². The number of nitrogens with zero attached hydrogens (tertiary/aromatic N) is 2. The molecule has 1 aromatic heterocycles. The Labute approximate surface area is 126 Å². The first kappa shape index (κ1) is 14.6. The van der Waals surface area contributed by atoms with Gasteiger partial charge in [-0.15, -0.1) is 0 Å². The third-order valence-electron chi connectivity index (χ3n) is 2.39. The Morgan fingerprint density at radius 1 is 1.30 bits per heavy atom. The maximum absolute atomic E-state index is 11.8. The third kappa shape index (κ3) is 4.08. The molecule has 0 saturated carbocycles. The zero-order chi connectivity index (χ0) is 14.4. The van der Waals surface area contributed by atoms with Crippen molar-refractivity contribution < 1.29 is 4.79 Å². The van der Waals surface area contributed by atoms with Crippen LogP contribution in [0.2, 0.25) is 5.02 Å². The first-order valence-electron chi connectivity index (χ1n) is 5.78. The summed E-state index contributed by atoms with van der Waals surface area (Å²) < 4.78 is 0. The summed E-state index contributed by atoms with van der Waals surface area (Å²) in [6, 6.07) is 7.07. The molecule has 0 bridgehead atoms. The lowest BCUT2D eigenvalue weighted by molar-refractivity contribution is -0.111. The highest BCUT2D eigenvalue weighted by atomic mass is 35.5. The Kier molecular flexibility index (Phi) is 5.15. The van der Waals surface area contributed by atoms with Crippen LogP contribution in [0, 0.1) is 0 Å². The zero-order valence-electron chi connectivity index (χ0n) is 10.7. The topological polar surface area (TPSA) is 54.9 Å². The van der Waals surface area contributed by atoms with Gasteiger partial charge in [0.25, 0.3) is 0 Å². The van der Waals surface area contributed by atoms with E-state index in [2.05, 4.69) is 15.3 Å². The fourth-order valence-corrected chi connectivity index (χ4v) is 1.93. The molecule has 102 valence electrons. The van der Waals surface area contributed by atoms with E-state index < -0.39 is 0 Å². The molecule has 0 fully saturated rings. The molecule has 0 atom stereocenters. The Hall–Kier alpha value is -1.85. The van der Waals surface area contributed by atoms with Crippen molar-refractivity contribution in [1.29, 1.82) is 0 Å². The van der Waals surface area contributed by atoms with E-state index in [4.69, 9.17) is 11.6 Å². The molecule has 20 heavy (non-hydrogen) atoms. The van der Waals surface area contributed by atoms with E-state index in [1.165, 1.54) is 17.8 Å². The number of amides is 1. The lowest BCUT2D eigenvalue weighted by atomic mass is 10.3. The molecule has 0 saturated heterocycles. The van der Waals surface area contributed by atoms with Gasteiger partial charge in [0.1, 0.15) is 0 Å². The Morgan fingerprint density at radius 2 is 2.00 bits per heavy atom. The van der Waals surface area contributed by atoms with Gasteiger partial charge in [0.05, 0.1) is 10.7 Å². The predicted octanol–water partition coefficient (Wildman–Crippen LogP) is 3.50. The van der Waals surface area contributed by atoms with Crippen LogP contribution in [-0.2, 0) is 4.79 Å². The number of aromatic nitrogens is 2. The third-order valence-corrected chi connectivity index (χ3v) is 3.30. The van der Waals surface area contributed by atoms with Crippen LogP contribution >= 0.6 is 23.4 Å². The minimum Gasteiger partial charge on any atom is -0.321 e. The summed E-state index contributed by atoms with van der Waals surface area (Å²) in [5.41, 5.74) is 1.34. The van der Waals surface area contributed by atoms with Crippen molar-refractivity contribution in [2.45, 2.75) is 5.16 Å². The number of thioether (sulfide) groups is 1. The lowest BCUT2D eigenvalue weighted by Gasteiger charge is -2.03. The average Bonchev–Trinajstić information content (AvgIpc) is 2.48. The summed E-state index contributed by atoms with van der Waals surface area (Å²) in [5.74, 6) is -0.257. The maximum Gasteiger partial charge on any atom is 0.248 e. The van der Waals surface area contributed by atoms with Crippen molar-refractivity contribution in [2.24, 2.45) is 0 Å². The van der Waals surface area contributed by atoms with Crippen molar-refractivity contribution in [3.8, 4) is 0 Å². The smallest absolute Gasteiger partial charge is 0.248 e. The minimum atomic E-state index is -0.257. The molecule has 4 nitrogen and oxygen atoms in total. The highest BCUT2D eigenvalue weighted by molar-refractivity contribution is 7.98. The van der Waals surface area contributed by atoms with E-state index >= 15 is 0 Å². The second kappa shape index (κ2) is 7.07. The van der Waals surface area contributed by atoms with Gasteiger partial charge in [0.2, 0.25) is 5.91 Å². The summed E-state index contributed by atoms with van der Waals surface area (Å²) in [5, 5.41) is 3.90. The van der Waals surface area contributed by atoms with E-state index in [1.807, 2.05) is 6.26 Å². The molecule has 0 aliphatic rings. The van der Waals surface area contributed by atoms with Crippen LogP contribution in [0.5, 0.6) is 0 Å². The van der Waals surface area contributed by atoms with Crippen molar-refractivity contribution in [3.63, 3.8) is 0 Å². The fraction of sp³-hybridized carbons (Fsp3) is 0.0714. The summed E-state index contributed by atoms with van der Waals surface area (Å²) in [6.07, 6.45) is 8.30. The molecule has 1 N–H and O–H groups in total. The molecular formula is C14H12ClN3OS. The molecule has 1 amide bonds. The Balaban J connectivity index is 2.00. The van der Waals surface area contributed by atoms with Gasteiger partial charge in [0.15, 0.2) is 5.16 Å². The zero-order valence-corrected chi connectivity index (χ0v) is 12.3. The number of carbonyl (C=O) groups is 1. The highest BCUT2D eigenvalue weighted by Crippen LogP contribution is 2.20. The monoisotopic (exact) mass is 305 g/mol. The Bertz CT molecular complexity index is 629. The van der Waals surface area contributed by atoms with Gasteiger partial charge in [-0.1, -0.05) is 35.5 Å². The molecule has 2 rings (SSSR count). The van der Waals surface area contributed by atoms with Crippen LogP contribution < -0.4 is 5.32 Å². The molecule has 0 spiro atoms. The van der Waals surface area contributed by atoms with Gasteiger partial charge in [-0.05, 0) is 24.5 Å². The van der Waals surface area contributed by atoms with Crippen LogP contribution in [0.3, 0.4) is 0 Å². The molecule has 2 aromatic rings.